The van der Waals surface area contributed by atoms with Crippen molar-refractivity contribution in [3.63, 3.8) is 0 Å². The molecule has 0 atom stereocenters. The molecule has 0 amide bonds. The predicted octanol–water partition coefficient (Wildman–Crippen LogP) is 3.00. The minimum absolute atomic E-state index is 0.218. The van der Waals surface area contributed by atoms with Crippen LogP contribution in [0.2, 0.25) is 0 Å². The van der Waals surface area contributed by atoms with E-state index in [1.807, 2.05) is 31.9 Å². The molecular formula is C14H22FN3. The SMILES string of the molecule is CN(CCCC(C)(C)C(=N)N)c1cccc(F)c1. The zero-order valence-electron chi connectivity index (χ0n) is 11.3. The van der Waals surface area contributed by atoms with E-state index < -0.39 is 0 Å². The summed E-state index contributed by atoms with van der Waals surface area (Å²) in [4.78, 5) is 2.01. The second kappa shape index (κ2) is 5.85. The van der Waals surface area contributed by atoms with Crippen LogP contribution in [-0.2, 0) is 0 Å². The highest BCUT2D eigenvalue weighted by Crippen LogP contribution is 2.22. The van der Waals surface area contributed by atoms with Gasteiger partial charge in [0.05, 0.1) is 5.84 Å². The van der Waals surface area contributed by atoms with Crippen LogP contribution in [0, 0.1) is 16.6 Å². The summed E-state index contributed by atoms with van der Waals surface area (Å²) in [5, 5.41) is 7.49. The average Bonchev–Trinajstić information content (AvgIpc) is 2.28. The van der Waals surface area contributed by atoms with Crippen molar-refractivity contribution in [2.75, 3.05) is 18.5 Å². The minimum Gasteiger partial charge on any atom is -0.387 e. The molecule has 0 radical (unpaired) electrons. The first kappa shape index (κ1) is 14.5. The quantitative estimate of drug-likeness (QED) is 0.603. The van der Waals surface area contributed by atoms with E-state index in [4.69, 9.17) is 11.1 Å². The summed E-state index contributed by atoms with van der Waals surface area (Å²) >= 11 is 0. The van der Waals surface area contributed by atoms with Gasteiger partial charge < -0.3 is 10.6 Å². The second-order valence-corrected chi connectivity index (χ2v) is 5.30. The maximum atomic E-state index is 13.1. The van der Waals surface area contributed by atoms with Crippen molar-refractivity contribution >= 4 is 11.5 Å². The molecule has 0 unspecified atom stereocenters. The Balaban J connectivity index is 2.47. The van der Waals surface area contributed by atoms with Crippen molar-refractivity contribution in [2.24, 2.45) is 11.1 Å². The topological polar surface area (TPSA) is 53.1 Å². The van der Waals surface area contributed by atoms with Crippen LogP contribution >= 0.6 is 0 Å². The molecular weight excluding hydrogens is 229 g/mol. The van der Waals surface area contributed by atoms with E-state index in [2.05, 4.69) is 0 Å². The van der Waals surface area contributed by atoms with Gasteiger partial charge in [-0.25, -0.2) is 4.39 Å². The molecule has 0 aliphatic carbocycles. The predicted molar refractivity (Wildman–Crippen MR) is 74.6 cm³/mol. The van der Waals surface area contributed by atoms with Crippen LogP contribution in [0.15, 0.2) is 24.3 Å². The third-order valence-corrected chi connectivity index (χ3v) is 3.27. The van der Waals surface area contributed by atoms with Crippen LogP contribution in [-0.4, -0.2) is 19.4 Å². The van der Waals surface area contributed by atoms with Crippen LogP contribution in [0.5, 0.6) is 0 Å². The number of hydrogen-bond donors (Lipinski definition) is 2. The van der Waals surface area contributed by atoms with E-state index in [-0.39, 0.29) is 17.1 Å². The normalized spacial score (nSPS) is 11.3. The summed E-state index contributed by atoms with van der Waals surface area (Å²) in [5.74, 6) is -0.000626. The molecule has 0 saturated carbocycles. The summed E-state index contributed by atoms with van der Waals surface area (Å²) in [6.07, 6.45) is 1.77. The molecule has 3 nitrogen and oxygen atoms in total. The molecule has 0 saturated heterocycles. The number of rotatable bonds is 6. The monoisotopic (exact) mass is 251 g/mol. The molecule has 0 aliphatic rings. The minimum atomic E-state index is -0.261. The van der Waals surface area contributed by atoms with Gasteiger partial charge in [0.25, 0.3) is 0 Å². The smallest absolute Gasteiger partial charge is 0.125 e. The lowest BCUT2D eigenvalue weighted by atomic mass is 9.86. The van der Waals surface area contributed by atoms with Crippen molar-refractivity contribution in [3.8, 4) is 0 Å². The fourth-order valence-corrected chi connectivity index (χ4v) is 1.74. The molecule has 18 heavy (non-hydrogen) atoms. The van der Waals surface area contributed by atoms with Gasteiger partial charge in [0, 0.05) is 24.7 Å². The molecule has 1 aromatic rings. The highest BCUT2D eigenvalue weighted by molar-refractivity contribution is 5.82. The number of nitrogens with two attached hydrogens (primary N) is 1. The molecule has 0 heterocycles. The molecule has 100 valence electrons. The van der Waals surface area contributed by atoms with E-state index >= 15 is 0 Å². The maximum absolute atomic E-state index is 13.1. The molecule has 3 N–H and O–H groups in total. The van der Waals surface area contributed by atoms with E-state index in [1.165, 1.54) is 12.1 Å². The van der Waals surface area contributed by atoms with Gasteiger partial charge in [0.1, 0.15) is 5.82 Å². The third kappa shape index (κ3) is 4.02. The third-order valence-electron chi connectivity index (χ3n) is 3.27. The van der Waals surface area contributed by atoms with Gasteiger partial charge in [-0.05, 0) is 31.0 Å². The largest absolute Gasteiger partial charge is 0.387 e. The molecule has 0 aliphatic heterocycles. The first-order chi connectivity index (χ1) is 8.33. The number of halogens is 1. The number of nitrogens with zero attached hydrogens (tertiary/aromatic N) is 1. The Bertz CT molecular complexity index is 415. The molecule has 1 aromatic carbocycles. The van der Waals surface area contributed by atoms with Crippen molar-refractivity contribution in [2.45, 2.75) is 26.7 Å². The summed E-state index contributed by atoms with van der Waals surface area (Å²) < 4.78 is 13.1. The van der Waals surface area contributed by atoms with Crippen LogP contribution in [0.1, 0.15) is 26.7 Å². The Kier molecular flexibility index (Phi) is 4.70. The van der Waals surface area contributed by atoms with Crippen LogP contribution in [0.25, 0.3) is 0 Å². The van der Waals surface area contributed by atoms with Crippen LogP contribution in [0.4, 0.5) is 10.1 Å². The Morgan fingerprint density at radius 1 is 1.44 bits per heavy atom. The number of nitrogens with one attached hydrogen (secondary N) is 1. The number of benzene rings is 1. The fourth-order valence-electron chi connectivity index (χ4n) is 1.74. The standard InChI is InChI=1S/C14H22FN3/c1-14(2,13(16)17)8-5-9-18(3)12-7-4-6-11(15)10-12/h4,6-7,10H,5,8-9H2,1-3H3,(H3,16,17). The van der Waals surface area contributed by atoms with E-state index in [0.29, 0.717) is 0 Å². The first-order valence-electron chi connectivity index (χ1n) is 6.14. The van der Waals surface area contributed by atoms with Crippen molar-refractivity contribution in [1.29, 1.82) is 5.41 Å². The van der Waals surface area contributed by atoms with Crippen molar-refractivity contribution in [1.82, 2.24) is 0 Å². The Morgan fingerprint density at radius 2 is 2.11 bits per heavy atom. The fraction of sp³-hybridized carbons (Fsp3) is 0.500. The lowest BCUT2D eigenvalue weighted by Gasteiger charge is -2.25. The van der Waals surface area contributed by atoms with Gasteiger partial charge in [-0.2, -0.15) is 0 Å². The zero-order chi connectivity index (χ0) is 13.8. The average molecular weight is 251 g/mol. The lowest BCUT2D eigenvalue weighted by Crippen LogP contribution is -2.31. The van der Waals surface area contributed by atoms with Gasteiger partial charge >= 0.3 is 0 Å². The number of anilines is 1. The molecule has 1 rings (SSSR count). The summed E-state index contributed by atoms with van der Waals surface area (Å²) in [6.45, 7) is 4.76. The molecule has 0 fully saturated rings. The summed E-state index contributed by atoms with van der Waals surface area (Å²) in [6, 6.07) is 6.56. The summed E-state index contributed by atoms with van der Waals surface area (Å²) in [7, 11) is 1.94. The maximum Gasteiger partial charge on any atom is 0.125 e. The van der Waals surface area contributed by atoms with Gasteiger partial charge in [-0.15, -0.1) is 0 Å². The van der Waals surface area contributed by atoms with E-state index in [9.17, 15) is 4.39 Å². The molecule has 0 spiro atoms. The van der Waals surface area contributed by atoms with Crippen molar-refractivity contribution in [3.05, 3.63) is 30.1 Å². The Hall–Kier alpha value is -1.58. The van der Waals surface area contributed by atoms with Gasteiger partial charge in [-0.1, -0.05) is 19.9 Å². The zero-order valence-corrected chi connectivity index (χ0v) is 11.3. The highest BCUT2D eigenvalue weighted by atomic mass is 19.1. The second-order valence-electron chi connectivity index (χ2n) is 5.30. The van der Waals surface area contributed by atoms with Gasteiger partial charge in [-0.3, -0.25) is 5.41 Å². The van der Waals surface area contributed by atoms with E-state index in [0.717, 1.165) is 25.1 Å². The van der Waals surface area contributed by atoms with Crippen molar-refractivity contribution < 1.29 is 4.39 Å². The number of amidine groups is 1. The first-order valence-corrected chi connectivity index (χ1v) is 6.14. The Morgan fingerprint density at radius 3 is 2.67 bits per heavy atom. The van der Waals surface area contributed by atoms with Gasteiger partial charge in [0.15, 0.2) is 0 Å². The van der Waals surface area contributed by atoms with E-state index in [1.54, 1.807) is 6.07 Å². The molecule has 4 heteroatoms. The lowest BCUT2D eigenvalue weighted by molar-refractivity contribution is 0.452. The number of hydrogen-bond acceptors (Lipinski definition) is 2. The molecule has 0 bridgehead atoms. The summed E-state index contributed by atoms with van der Waals surface area (Å²) in [5.41, 5.74) is 6.15. The van der Waals surface area contributed by atoms with Crippen LogP contribution in [0.3, 0.4) is 0 Å². The highest BCUT2D eigenvalue weighted by Gasteiger charge is 2.20. The molecule has 0 aromatic heterocycles. The van der Waals surface area contributed by atoms with Crippen LogP contribution < -0.4 is 10.6 Å². The Labute approximate surface area is 108 Å². The van der Waals surface area contributed by atoms with Gasteiger partial charge in [0.2, 0.25) is 0 Å².